The first-order valence-corrected chi connectivity index (χ1v) is 7.70. The quantitative estimate of drug-likeness (QED) is 0.874. The van der Waals surface area contributed by atoms with Gasteiger partial charge in [0.05, 0.1) is 11.6 Å². The molecule has 7 heteroatoms. The molecule has 0 radical (unpaired) electrons. The van der Waals surface area contributed by atoms with Gasteiger partial charge in [-0.05, 0) is 25.8 Å². The highest BCUT2D eigenvalue weighted by Gasteiger charge is 2.41. The first-order chi connectivity index (χ1) is 10.8. The maximum Gasteiger partial charge on any atom is 0.290 e. The van der Waals surface area contributed by atoms with Gasteiger partial charge >= 0.3 is 0 Å². The van der Waals surface area contributed by atoms with Gasteiger partial charge < -0.3 is 20.2 Å². The van der Waals surface area contributed by atoms with Gasteiger partial charge in [-0.3, -0.25) is 9.59 Å². The Labute approximate surface area is 137 Å². The predicted octanol–water partition coefficient (Wildman–Crippen LogP) is 1.85. The number of carbonyl (C=O) groups excluding carboxylic acids is 2. The highest BCUT2D eigenvalue weighted by molar-refractivity contribution is 6.35. The highest BCUT2D eigenvalue weighted by atomic mass is 35.5. The molecule has 1 aliphatic heterocycles. The molecule has 0 bridgehead atoms. The van der Waals surface area contributed by atoms with Crippen molar-refractivity contribution in [2.24, 2.45) is 5.73 Å². The van der Waals surface area contributed by atoms with Crippen LogP contribution in [0.3, 0.4) is 0 Å². The molecule has 122 valence electrons. The number of rotatable bonds is 2. The Balaban J connectivity index is 1.96. The van der Waals surface area contributed by atoms with Crippen LogP contribution in [0.15, 0.2) is 22.6 Å². The molecule has 2 amide bonds. The second-order valence-corrected chi connectivity index (χ2v) is 6.31. The predicted molar refractivity (Wildman–Crippen MR) is 85.2 cm³/mol. The Kier molecular flexibility index (Phi) is 3.82. The van der Waals surface area contributed by atoms with Crippen LogP contribution in [0, 0.1) is 6.92 Å². The lowest BCUT2D eigenvalue weighted by Crippen LogP contribution is -2.57. The summed E-state index contributed by atoms with van der Waals surface area (Å²) in [4.78, 5) is 25.6. The summed E-state index contributed by atoms with van der Waals surface area (Å²) >= 11 is 6.10. The van der Waals surface area contributed by atoms with Crippen LogP contribution in [-0.4, -0.2) is 40.5 Å². The zero-order valence-electron chi connectivity index (χ0n) is 12.6. The molecule has 23 heavy (non-hydrogen) atoms. The van der Waals surface area contributed by atoms with Crippen LogP contribution in [0.5, 0.6) is 0 Å². The molecule has 0 unspecified atom stereocenters. The zero-order chi connectivity index (χ0) is 16.8. The average Bonchev–Trinajstić information content (AvgIpc) is 2.85. The van der Waals surface area contributed by atoms with Crippen molar-refractivity contribution in [2.75, 3.05) is 13.1 Å². The summed E-state index contributed by atoms with van der Waals surface area (Å²) in [5, 5.41) is 11.4. The van der Waals surface area contributed by atoms with Crippen LogP contribution in [0.4, 0.5) is 0 Å². The van der Waals surface area contributed by atoms with Gasteiger partial charge in [0, 0.05) is 17.5 Å². The van der Waals surface area contributed by atoms with Crippen molar-refractivity contribution < 1.29 is 19.1 Å². The first kappa shape index (κ1) is 15.8. The summed E-state index contributed by atoms with van der Waals surface area (Å²) < 4.78 is 5.65. The maximum absolute atomic E-state index is 12.7. The number of carbonyl (C=O) groups is 2. The van der Waals surface area contributed by atoms with Gasteiger partial charge in [-0.25, -0.2) is 0 Å². The molecule has 0 aliphatic carbocycles. The van der Waals surface area contributed by atoms with E-state index in [9.17, 15) is 14.7 Å². The molecule has 1 fully saturated rings. The Morgan fingerprint density at radius 1 is 1.43 bits per heavy atom. The second-order valence-electron chi connectivity index (χ2n) is 5.90. The number of aliphatic hydroxyl groups is 1. The van der Waals surface area contributed by atoms with Gasteiger partial charge in [0.1, 0.15) is 0 Å². The molecular formula is C16H17ClN2O4. The number of benzene rings is 1. The molecule has 1 aromatic carbocycles. The standard InChI is InChI=1S/C16H17ClN2O4/c1-9-10-4-2-5-11(17)13(10)23-12(9)14(20)19-7-3-6-16(22,8-19)15(18)21/h2,4-5,22H,3,6-8H2,1H3,(H2,18,21)/t16-/m1/s1. The molecule has 1 aromatic heterocycles. The molecule has 0 saturated carbocycles. The number of hydrogen-bond donors (Lipinski definition) is 2. The number of piperidine rings is 1. The fourth-order valence-electron chi connectivity index (χ4n) is 2.97. The van der Waals surface area contributed by atoms with E-state index in [0.717, 1.165) is 5.39 Å². The van der Waals surface area contributed by atoms with Crippen molar-refractivity contribution in [1.29, 1.82) is 0 Å². The lowest BCUT2D eigenvalue weighted by atomic mass is 9.92. The molecule has 1 atom stereocenters. The Morgan fingerprint density at radius 3 is 2.83 bits per heavy atom. The molecule has 2 aromatic rings. The van der Waals surface area contributed by atoms with Gasteiger partial charge in [-0.15, -0.1) is 0 Å². The summed E-state index contributed by atoms with van der Waals surface area (Å²) in [5.41, 5.74) is 4.69. The second kappa shape index (κ2) is 5.54. The number of nitrogens with two attached hydrogens (primary N) is 1. The number of likely N-dealkylation sites (tertiary alicyclic amines) is 1. The molecule has 6 nitrogen and oxygen atoms in total. The van der Waals surface area contributed by atoms with Crippen molar-refractivity contribution in [3.05, 3.63) is 34.5 Å². The lowest BCUT2D eigenvalue weighted by Gasteiger charge is -2.36. The number of furan rings is 1. The van der Waals surface area contributed by atoms with Gasteiger partial charge in [-0.2, -0.15) is 0 Å². The molecular weight excluding hydrogens is 320 g/mol. The summed E-state index contributed by atoms with van der Waals surface area (Å²) in [6.07, 6.45) is 0.738. The molecule has 2 heterocycles. The van der Waals surface area contributed by atoms with Crippen LogP contribution in [0.25, 0.3) is 11.0 Å². The fourth-order valence-corrected chi connectivity index (χ4v) is 3.18. The number of para-hydroxylation sites is 1. The number of primary amides is 1. The molecule has 1 aliphatic rings. The van der Waals surface area contributed by atoms with E-state index in [4.69, 9.17) is 21.8 Å². The topological polar surface area (TPSA) is 96.8 Å². The number of nitrogens with zero attached hydrogens (tertiary/aromatic N) is 1. The lowest BCUT2D eigenvalue weighted by molar-refractivity contribution is -0.140. The highest BCUT2D eigenvalue weighted by Crippen LogP contribution is 2.32. The van der Waals surface area contributed by atoms with Crippen molar-refractivity contribution in [1.82, 2.24) is 4.90 Å². The normalized spacial score (nSPS) is 21.6. The van der Waals surface area contributed by atoms with E-state index in [1.165, 1.54) is 4.90 Å². The van der Waals surface area contributed by atoms with Crippen molar-refractivity contribution in [2.45, 2.75) is 25.4 Å². The third-order valence-electron chi connectivity index (χ3n) is 4.33. The number of β-amino-alcohol motifs (C(OH)–C–C–N with tert-alkyl or cyclic N) is 1. The Morgan fingerprint density at radius 2 is 2.17 bits per heavy atom. The van der Waals surface area contributed by atoms with Crippen molar-refractivity contribution >= 4 is 34.4 Å². The minimum Gasteiger partial charge on any atom is -0.449 e. The molecule has 3 N–H and O–H groups in total. The van der Waals surface area contributed by atoms with Gasteiger partial charge in [0.25, 0.3) is 11.8 Å². The third kappa shape index (κ3) is 2.58. The maximum atomic E-state index is 12.7. The van der Waals surface area contributed by atoms with Gasteiger partial charge in [0.15, 0.2) is 16.9 Å². The summed E-state index contributed by atoms with van der Waals surface area (Å²) in [5.74, 6) is -1.03. The van der Waals surface area contributed by atoms with E-state index < -0.39 is 11.5 Å². The molecule has 1 saturated heterocycles. The SMILES string of the molecule is Cc1c(C(=O)N2CCC[C@](O)(C(N)=O)C2)oc2c(Cl)cccc12. The number of amides is 2. The van der Waals surface area contributed by atoms with Crippen LogP contribution in [-0.2, 0) is 4.79 Å². The van der Waals surface area contributed by atoms with E-state index in [2.05, 4.69) is 0 Å². The zero-order valence-corrected chi connectivity index (χ0v) is 13.4. The third-order valence-corrected chi connectivity index (χ3v) is 4.62. The average molecular weight is 337 g/mol. The number of aryl methyl sites for hydroxylation is 1. The van der Waals surface area contributed by atoms with E-state index in [1.54, 1.807) is 19.1 Å². The van der Waals surface area contributed by atoms with E-state index in [0.29, 0.717) is 29.1 Å². The monoisotopic (exact) mass is 336 g/mol. The van der Waals surface area contributed by atoms with E-state index in [1.807, 2.05) is 6.07 Å². The summed E-state index contributed by atoms with van der Waals surface area (Å²) in [6.45, 7) is 2.07. The van der Waals surface area contributed by atoms with Crippen LogP contribution >= 0.6 is 11.6 Å². The minimum absolute atomic E-state index is 0.134. The van der Waals surface area contributed by atoms with E-state index >= 15 is 0 Å². The number of hydrogen-bond acceptors (Lipinski definition) is 4. The van der Waals surface area contributed by atoms with Gasteiger partial charge in [-0.1, -0.05) is 23.7 Å². The minimum atomic E-state index is -1.69. The van der Waals surface area contributed by atoms with Crippen molar-refractivity contribution in [3.63, 3.8) is 0 Å². The van der Waals surface area contributed by atoms with Gasteiger partial charge in [0.2, 0.25) is 0 Å². The van der Waals surface area contributed by atoms with Crippen molar-refractivity contribution in [3.8, 4) is 0 Å². The summed E-state index contributed by atoms with van der Waals surface area (Å²) in [7, 11) is 0. The molecule has 0 spiro atoms. The van der Waals surface area contributed by atoms with E-state index in [-0.39, 0.29) is 24.6 Å². The van der Waals surface area contributed by atoms with Crippen LogP contribution in [0.2, 0.25) is 5.02 Å². The Hall–Kier alpha value is -2.05. The van der Waals surface area contributed by atoms with Crippen LogP contribution < -0.4 is 5.73 Å². The first-order valence-electron chi connectivity index (χ1n) is 7.32. The Bertz CT molecular complexity index is 801. The number of halogens is 1. The number of fused-ring (bicyclic) bond motifs is 1. The smallest absolute Gasteiger partial charge is 0.290 e. The van der Waals surface area contributed by atoms with Crippen LogP contribution in [0.1, 0.15) is 29.0 Å². The molecule has 3 rings (SSSR count). The summed E-state index contributed by atoms with van der Waals surface area (Å²) in [6, 6.07) is 5.30. The fraction of sp³-hybridized carbons (Fsp3) is 0.375. The largest absolute Gasteiger partial charge is 0.449 e.